The number of carboxylic acid groups (broad SMARTS) is 1. The molecule has 7 heteroatoms. The van der Waals surface area contributed by atoms with E-state index in [0.717, 1.165) is 22.2 Å². The highest BCUT2D eigenvalue weighted by Crippen LogP contribution is 2.31. The van der Waals surface area contributed by atoms with E-state index >= 15 is 0 Å². The lowest BCUT2D eigenvalue weighted by Gasteiger charge is -2.09. The van der Waals surface area contributed by atoms with Gasteiger partial charge in [0.1, 0.15) is 11.4 Å². The van der Waals surface area contributed by atoms with Crippen molar-refractivity contribution in [1.29, 1.82) is 0 Å². The van der Waals surface area contributed by atoms with E-state index in [1.54, 1.807) is 25.6 Å². The highest BCUT2D eigenvalue weighted by Gasteiger charge is 2.15. The third kappa shape index (κ3) is 2.61. The Balaban J connectivity index is 1.89. The standard InChI is InChI=1S/C18H14N4O3/c1-25-11-4-2-10(3-5-11)20-17-16-13(8-14(21-16)18(23)24)12-6-7-19-9-15(12)22-17/h2-9,21H,1H3,(H,20,22)(H,23,24). The molecule has 3 N–H and O–H groups in total. The summed E-state index contributed by atoms with van der Waals surface area (Å²) >= 11 is 0. The Morgan fingerprint density at radius 3 is 2.72 bits per heavy atom. The van der Waals surface area contributed by atoms with Crippen LogP contribution in [0, 0.1) is 0 Å². The summed E-state index contributed by atoms with van der Waals surface area (Å²) in [5, 5.41) is 14.1. The Morgan fingerprint density at radius 2 is 2.00 bits per heavy atom. The third-order valence-electron chi connectivity index (χ3n) is 3.96. The van der Waals surface area contributed by atoms with Crippen molar-refractivity contribution in [2.75, 3.05) is 12.4 Å². The lowest BCUT2D eigenvalue weighted by atomic mass is 10.1. The zero-order valence-electron chi connectivity index (χ0n) is 13.3. The van der Waals surface area contributed by atoms with Crippen molar-refractivity contribution in [3.05, 3.63) is 54.5 Å². The van der Waals surface area contributed by atoms with Crippen LogP contribution in [0.5, 0.6) is 5.75 Å². The van der Waals surface area contributed by atoms with E-state index in [9.17, 15) is 9.90 Å². The van der Waals surface area contributed by atoms with Crippen LogP contribution in [-0.4, -0.2) is 33.1 Å². The number of fused-ring (bicyclic) bond motifs is 3. The molecule has 0 aliphatic rings. The lowest BCUT2D eigenvalue weighted by molar-refractivity contribution is 0.0691. The number of methoxy groups -OCH3 is 1. The maximum atomic E-state index is 11.3. The average molecular weight is 334 g/mol. The minimum atomic E-state index is -1.02. The van der Waals surface area contributed by atoms with Gasteiger partial charge in [0.25, 0.3) is 0 Å². The summed E-state index contributed by atoms with van der Waals surface area (Å²) in [5.74, 6) is 0.265. The second kappa shape index (κ2) is 5.79. The molecule has 0 aliphatic heterocycles. The molecule has 0 saturated carbocycles. The number of hydrogen-bond acceptors (Lipinski definition) is 5. The predicted molar refractivity (Wildman–Crippen MR) is 94.6 cm³/mol. The van der Waals surface area contributed by atoms with Crippen LogP contribution in [0.4, 0.5) is 11.5 Å². The van der Waals surface area contributed by atoms with Gasteiger partial charge in [0.15, 0.2) is 5.82 Å². The monoisotopic (exact) mass is 334 g/mol. The molecule has 0 unspecified atom stereocenters. The molecule has 25 heavy (non-hydrogen) atoms. The number of nitrogens with one attached hydrogen (secondary N) is 2. The number of carbonyl (C=O) groups is 1. The van der Waals surface area contributed by atoms with Gasteiger partial charge in [0.05, 0.1) is 24.3 Å². The molecule has 0 atom stereocenters. The van der Waals surface area contributed by atoms with Crippen LogP contribution in [0.15, 0.2) is 48.8 Å². The van der Waals surface area contributed by atoms with Crippen molar-refractivity contribution in [3.63, 3.8) is 0 Å². The van der Waals surface area contributed by atoms with Crippen molar-refractivity contribution in [1.82, 2.24) is 15.0 Å². The highest BCUT2D eigenvalue weighted by molar-refractivity contribution is 6.11. The highest BCUT2D eigenvalue weighted by atomic mass is 16.5. The number of pyridine rings is 2. The summed E-state index contributed by atoms with van der Waals surface area (Å²) in [7, 11) is 1.61. The quantitative estimate of drug-likeness (QED) is 0.527. The van der Waals surface area contributed by atoms with Crippen molar-refractivity contribution in [2.24, 2.45) is 0 Å². The average Bonchev–Trinajstić information content (AvgIpc) is 3.09. The van der Waals surface area contributed by atoms with E-state index in [-0.39, 0.29) is 5.69 Å². The number of ether oxygens (including phenoxy) is 1. The summed E-state index contributed by atoms with van der Waals surface area (Å²) in [6, 6.07) is 10.8. The number of benzene rings is 1. The topological polar surface area (TPSA) is 100 Å². The smallest absolute Gasteiger partial charge is 0.352 e. The molecule has 0 amide bonds. The van der Waals surface area contributed by atoms with Crippen molar-refractivity contribution >= 4 is 39.3 Å². The first-order chi connectivity index (χ1) is 12.2. The maximum Gasteiger partial charge on any atom is 0.352 e. The van der Waals surface area contributed by atoms with E-state index < -0.39 is 5.97 Å². The summed E-state index contributed by atoms with van der Waals surface area (Å²) in [6.45, 7) is 0. The minimum Gasteiger partial charge on any atom is -0.497 e. The molecule has 4 rings (SSSR count). The summed E-state index contributed by atoms with van der Waals surface area (Å²) in [6.07, 6.45) is 3.31. The second-order valence-electron chi connectivity index (χ2n) is 5.48. The van der Waals surface area contributed by atoms with Gasteiger partial charge in [-0.25, -0.2) is 9.78 Å². The second-order valence-corrected chi connectivity index (χ2v) is 5.48. The largest absolute Gasteiger partial charge is 0.497 e. The van der Waals surface area contributed by atoms with Crippen LogP contribution in [0.3, 0.4) is 0 Å². The lowest BCUT2D eigenvalue weighted by Crippen LogP contribution is -1.97. The molecule has 4 aromatic rings. The van der Waals surface area contributed by atoms with E-state index in [1.165, 1.54) is 0 Å². The Labute approximate surface area is 142 Å². The van der Waals surface area contributed by atoms with Gasteiger partial charge in [-0.3, -0.25) is 4.98 Å². The summed E-state index contributed by atoms with van der Waals surface area (Å²) in [4.78, 5) is 23.0. The first-order valence-electron chi connectivity index (χ1n) is 7.56. The number of rotatable bonds is 4. The third-order valence-corrected chi connectivity index (χ3v) is 3.96. The van der Waals surface area contributed by atoms with Crippen LogP contribution in [0.2, 0.25) is 0 Å². The first kappa shape index (κ1) is 14.9. The predicted octanol–water partition coefficient (Wildman–Crippen LogP) is 3.56. The molecular weight excluding hydrogens is 320 g/mol. The van der Waals surface area contributed by atoms with Crippen LogP contribution >= 0.6 is 0 Å². The van der Waals surface area contributed by atoms with Crippen LogP contribution in [0.25, 0.3) is 21.8 Å². The zero-order chi connectivity index (χ0) is 17.4. The van der Waals surface area contributed by atoms with Gasteiger partial charge in [-0.2, -0.15) is 0 Å². The molecule has 124 valence electrons. The Bertz CT molecular complexity index is 1090. The number of anilines is 2. The normalized spacial score (nSPS) is 10.9. The zero-order valence-corrected chi connectivity index (χ0v) is 13.3. The number of nitrogens with zero attached hydrogens (tertiary/aromatic N) is 2. The van der Waals surface area contributed by atoms with Crippen LogP contribution in [0.1, 0.15) is 10.5 Å². The van der Waals surface area contributed by atoms with Gasteiger partial charge >= 0.3 is 5.97 Å². The number of aromatic nitrogens is 3. The molecule has 1 aromatic carbocycles. The molecule has 0 radical (unpaired) electrons. The number of H-pyrrole nitrogens is 1. The van der Waals surface area contributed by atoms with Gasteiger partial charge in [-0.15, -0.1) is 0 Å². The fourth-order valence-corrected chi connectivity index (χ4v) is 2.75. The molecule has 0 bridgehead atoms. The molecule has 0 fully saturated rings. The van der Waals surface area contributed by atoms with Gasteiger partial charge in [-0.1, -0.05) is 0 Å². The molecule has 0 aliphatic carbocycles. The molecule has 0 spiro atoms. The fraction of sp³-hybridized carbons (Fsp3) is 0.0556. The summed E-state index contributed by atoms with van der Waals surface area (Å²) < 4.78 is 5.15. The molecule has 3 heterocycles. The van der Waals surface area contributed by atoms with Crippen molar-refractivity contribution < 1.29 is 14.6 Å². The molecular formula is C18H14N4O3. The maximum absolute atomic E-state index is 11.3. The Morgan fingerprint density at radius 1 is 1.20 bits per heavy atom. The van der Waals surface area contributed by atoms with Gasteiger partial charge in [-0.05, 0) is 36.4 Å². The van der Waals surface area contributed by atoms with E-state index in [0.29, 0.717) is 16.9 Å². The number of carboxylic acids is 1. The van der Waals surface area contributed by atoms with E-state index in [4.69, 9.17) is 4.74 Å². The fourth-order valence-electron chi connectivity index (χ4n) is 2.75. The molecule has 7 nitrogen and oxygen atoms in total. The van der Waals surface area contributed by atoms with E-state index in [2.05, 4.69) is 20.3 Å². The number of aromatic carboxylic acids is 1. The summed E-state index contributed by atoms with van der Waals surface area (Å²) in [5.41, 5.74) is 2.23. The van der Waals surface area contributed by atoms with Gasteiger partial charge < -0.3 is 20.1 Å². The molecule has 0 saturated heterocycles. The SMILES string of the molecule is COc1ccc(Nc2nc3cnccc3c3cc(C(=O)O)[nH]c23)cc1. The van der Waals surface area contributed by atoms with Crippen LogP contribution < -0.4 is 10.1 Å². The van der Waals surface area contributed by atoms with Gasteiger partial charge in [0.2, 0.25) is 0 Å². The first-order valence-corrected chi connectivity index (χ1v) is 7.56. The van der Waals surface area contributed by atoms with Gasteiger partial charge in [0, 0.05) is 22.7 Å². The number of aromatic amines is 1. The van der Waals surface area contributed by atoms with Crippen molar-refractivity contribution in [2.45, 2.75) is 0 Å². The Hall–Kier alpha value is -3.61. The van der Waals surface area contributed by atoms with Crippen LogP contribution in [-0.2, 0) is 0 Å². The minimum absolute atomic E-state index is 0.110. The molecule has 3 aromatic heterocycles. The Kier molecular flexibility index (Phi) is 3.46. The number of hydrogen-bond donors (Lipinski definition) is 3. The van der Waals surface area contributed by atoms with Crippen molar-refractivity contribution in [3.8, 4) is 5.75 Å². The van der Waals surface area contributed by atoms with E-state index in [1.807, 2.05) is 30.3 Å².